The van der Waals surface area contributed by atoms with Crippen molar-refractivity contribution in [2.24, 2.45) is 0 Å². The lowest BCUT2D eigenvalue weighted by Crippen LogP contribution is -1.96. The molecular weight excluding hydrogens is 188 g/mol. The van der Waals surface area contributed by atoms with Crippen molar-refractivity contribution < 1.29 is 9.53 Å². The molecule has 2 nitrogen and oxygen atoms in total. The maximum atomic E-state index is 10.7. The Morgan fingerprint density at radius 2 is 1.53 bits per heavy atom. The molecule has 0 spiro atoms. The van der Waals surface area contributed by atoms with Gasteiger partial charge in [0.05, 0.1) is 13.5 Å². The second-order valence-electron chi connectivity index (χ2n) is 3.07. The van der Waals surface area contributed by atoms with Crippen molar-refractivity contribution in [3.05, 3.63) is 36.5 Å². The van der Waals surface area contributed by atoms with Crippen molar-refractivity contribution in [2.75, 3.05) is 7.11 Å². The van der Waals surface area contributed by atoms with E-state index >= 15 is 0 Å². The minimum Gasteiger partial charge on any atom is -0.469 e. The summed E-state index contributed by atoms with van der Waals surface area (Å²) in [5.41, 5.74) is 0. The Balaban J connectivity index is 3.44. The number of ether oxygens (including phenoxy) is 1. The fourth-order valence-electron chi connectivity index (χ4n) is 0.972. The van der Waals surface area contributed by atoms with Gasteiger partial charge in [-0.2, -0.15) is 0 Å². The van der Waals surface area contributed by atoms with Gasteiger partial charge in [0.2, 0.25) is 0 Å². The molecule has 15 heavy (non-hydrogen) atoms. The van der Waals surface area contributed by atoms with Gasteiger partial charge in [-0.05, 0) is 19.3 Å². The van der Waals surface area contributed by atoms with Gasteiger partial charge in [-0.15, -0.1) is 0 Å². The molecule has 0 atom stereocenters. The van der Waals surface area contributed by atoms with E-state index in [2.05, 4.69) is 36.0 Å². The highest BCUT2D eigenvalue weighted by Gasteiger charge is 1.91. The second-order valence-corrected chi connectivity index (χ2v) is 3.07. The number of carbonyl (C=O) groups excluding carboxylic acids is 1. The lowest BCUT2D eigenvalue weighted by Gasteiger charge is -1.90. The average Bonchev–Trinajstić information content (AvgIpc) is 2.26. The molecule has 0 heterocycles. The van der Waals surface area contributed by atoms with Gasteiger partial charge in [0.1, 0.15) is 0 Å². The molecule has 0 aliphatic carbocycles. The quantitative estimate of drug-likeness (QED) is 0.473. The Kier molecular flexibility index (Phi) is 9.83. The van der Waals surface area contributed by atoms with Crippen LogP contribution in [0.5, 0.6) is 0 Å². The predicted molar refractivity (Wildman–Crippen MR) is 63.6 cm³/mol. The standard InChI is InChI=1S/C13H20O2/c1-3-4-5-6-7-8-9-10-11-12-13(14)15-2/h4-5,7-8,10-11H,3,6,9,12H2,1-2H3. The van der Waals surface area contributed by atoms with Crippen molar-refractivity contribution in [1.82, 2.24) is 0 Å². The van der Waals surface area contributed by atoms with E-state index < -0.39 is 0 Å². The van der Waals surface area contributed by atoms with Crippen LogP contribution < -0.4 is 0 Å². The first kappa shape index (κ1) is 13.7. The summed E-state index contributed by atoms with van der Waals surface area (Å²) in [6, 6.07) is 0. The van der Waals surface area contributed by atoms with Gasteiger partial charge in [-0.1, -0.05) is 43.4 Å². The molecule has 84 valence electrons. The molecule has 0 radical (unpaired) electrons. The van der Waals surface area contributed by atoms with Crippen molar-refractivity contribution in [2.45, 2.75) is 32.6 Å². The summed E-state index contributed by atoms with van der Waals surface area (Å²) < 4.78 is 4.50. The van der Waals surface area contributed by atoms with Gasteiger partial charge in [-0.3, -0.25) is 4.79 Å². The second kappa shape index (κ2) is 10.8. The largest absolute Gasteiger partial charge is 0.469 e. The SMILES string of the molecule is CCC=CCC=CCC=CCC(=O)OC. The third-order valence-corrected chi connectivity index (χ3v) is 1.79. The molecule has 2 heteroatoms. The zero-order valence-corrected chi connectivity index (χ0v) is 9.61. The summed E-state index contributed by atoms with van der Waals surface area (Å²) in [4.78, 5) is 10.7. The summed E-state index contributed by atoms with van der Waals surface area (Å²) >= 11 is 0. The van der Waals surface area contributed by atoms with Crippen LogP contribution in [0.25, 0.3) is 0 Å². The molecule has 0 fully saturated rings. The van der Waals surface area contributed by atoms with E-state index in [1.807, 2.05) is 12.2 Å². The number of hydrogen-bond acceptors (Lipinski definition) is 2. The lowest BCUT2D eigenvalue weighted by molar-refractivity contribution is -0.139. The summed E-state index contributed by atoms with van der Waals surface area (Å²) in [6.07, 6.45) is 15.6. The molecule has 0 aliphatic heterocycles. The molecule has 0 amide bonds. The van der Waals surface area contributed by atoms with Crippen LogP contribution in [0.15, 0.2) is 36.5 Å². The fraction of sp³-hybridized carbons (Fsp3) is 0.462. The topological polar surface area (TPSA) is 26.3 Å². The molecule has 0 unspecified atom stereocenters. The fourth-order valence-corrected chi connectivity index (χ4v) is 0.972. The highest BCUT2D eigenvalue weighted by atomic mass is 16.5. The average molecular weight is 208 g/mol. The first-order valence-corrected chi connectivity index (χ1v) is 5.33. The summed E-state index contributed by atoms with van der Waals surface area (Å²) in [5.74, 6) is -0.193. The third-order valence-electron chi connectivity index (χ3n) is 1.79. The maximum absolute atomic E-state index is 10.7. The predicted octanol–water partition coefficient (Wildman–Crippen LogP) is 3.41. The molecule has 0 aliphatic rings. The maximum Gasteiger partial charge on any atom is 0.309 e. The summed E-state index contributed by atoms with van der Waals surface area (Å²) in [7, 11) is 1.40. The Morgan fingerprint density at radius 3 is 2.07 bits per heavy atom. The number of methoxy groups -OCH3 is 1. The van der Waals surface area contributed by atoms with E-state index in [4.69, 9.17) is 0 Å². The minimum absolute atomic E-state index is 0.193. The zero-order valence-electron chi connectivity index (χ0n) is 9.61. The Hall–Kier alpha value is -1.31. The monoisotopic (exact) mass is 208 g/mol. The van der Waals surface area contributed by atoms with Gasteiger partial charge in [-0.25, -0.2) is 0 Å². The van der Waals surface area contributed by atoms with Crippen LogP contribution in [0, 0.1) is 0 Å². The number of hydrogen-bond donors (Lipinski definition) is 0. The van der Waals surface area contributed by atoms with Crippen molar-refractivity contribution in [3.63, 3.8) is 0 Å². The minimum atomic E-state index is -0.193. The van der Waals surface area contributed by atoms with Gasteiger partial charge in [0, 0.05) is 0 Å². The molecule has 0 aromatic rings. The number of rotatable bonds is 7. The van der Waals surface area contributed by atoms with Gasteiger partial charge >= 0.3 is 5.97 Å². The van der Waals surface area contributed by atoms with Crippen LogP contribution >= 0.6 is 0 Å². The number of allylic oxidation sites excluding steroid dienone is 5. The highest BCUT2D eigenvalue weighted by Crippen LogP contribution is 1.94. The van der Waals surface area contributed by atoms with Crippen molar-refractivity contribution in [3.8, 4) is 0 Å². The van der Waals surface area contributed by atoms with Crippen LogP contribution in [0.3, 0.4) is 0 Å². The summed E-state index contributed by atoms with van der Waals surface area (Å²) in [5, 5.41) is 0. The lowest BCUT2D eigenvalue weighted by atomic mass is 10.2. The first-order valence-electron chi connectivity index (χ1n) is 5.33. The van der Waals surface area contributed by atoms with E-state index in [1.54, 1.807) is 0 Å². The van der Waals surface area contributed by atoms with Gasteiger partial charge < -0.3 is 4.74 Å². The first-order chi connectivity index (χ1) is 7.31. The highest BCUT2D eigenvalue weighted by molar-refractivity contribution is 5.70. The van der Waals surface area contributed by atoms with E-state index in [9.17, 15) is 4.79 Å². The van der Waals surface area contributed by atoms with Crippen molar-refractivity contribution in [1.29, 1.82) is 0 Å². The van der Waals surface area contributed by atoms with E-state index in [-0.39, 0.29) is 5.97 Å². The molecule has 0 aromatic heterocycles. The molecule has 0 aromatic carbocycles. The van der Waals surface area contributed by atoms with Gasteiger partial charge in [0.15, 0.2) is 0 Å². The van der Waals surface area contributed by atoms with Gasteiger partial charge in [0.25, 0.3) is 0 Å². The smallest absolute Gasteiger partial charge is 0.309 e. The normalized spacial score (nSPS) is 11.9. The van der Waals surface area contributed by atoms with E-state index in [1.165, 1.54) is 7.11 Å². The zero-order chi connectivity index (χ0) is 11.4. The van der Waals surface area contributed by atoms with Crippen LogP contribution in [-0.4, -0.2) is 13.1 Å². The molecule has 0 rings (SSSR count). The molecule has 0 N–H and O–H groups in total. The molecular formula is C13H20O2. The molecule has 0 saturated carbocycles. The van der Waals surface area contributed by atoms with Crippen LogP contribution in [0.1, 0.15) is 32.6 Å². The van der Waals surface area contributed by atoms with Crippen LogP contribution in [0.4, 0.5) is 0 Å². The van der Waals surface area contributed by atoms with E-state index in [0.29, 0.717) is 6.42 Å². The Bertz CT molecular complexity index is 237. The van der Waals surface area contributed by atoms with Crippen molar-refractivity contribution >= 4 is 5.97 Å². The Labute approximate surface area is 92.3 Å². The van der Waals surface area contributed by atoms with E-state index in [0.717, 1.165) is 19.3 Å². The molecule has 0 bridgehead atoms. The number of esters is 1. The summed E-state index contributed by atoms with van der Waals surface area (Å²) in [6.45, 7) is 2.12. The Morgan fingerprint density at radius 1 is 1.00 bits per heavy atom. The van der Waals surface area contributed by atoms with Crippen LogP contribution in [0.2, 0.25) is 0 Å². The number of carbonyl (C=O) groups is 1. The molecule has 0 saturated heterocycles. The van der Waals surface area contributed by atoms with Crippen LogP contribution in [-0.2, 0) is 9.53 Å². The third kappa shape index (κ3) is 10.6.